The van der Waals surface area contributed by atoms with Gasteiger partial charge in [-0.1, -0.05) is 0 Å². The van der Waals surface area contributed by atoms with Crippen molar-refractivity contribution < 1.29 is 32.2 Å². The molecule has 2 amide bonds. The van der Waals surface area contributed by atoms with Gasteiger partial charge in [0, 0.05) is 19.2 Å². The lowest BCUT2D eigenvalue weighted by Gasteiger charge is -2.34. The molecule has 156 valence electrons. The monoisotopic (exact) mass is 415 g/mol. The van der Waals surface area contributed by atoms with Crippen LogP contribution in [0.25, 0.3) is 0 Å². The van der Waals surface area contributed by atoms with Crippen LogP contribution in [0, 0.1) is 0 Å². The van der Waals surface area contributed by atoms with Gasteiger partial charge < -0.3 is 24.8 Å². The fraction of sp³-hybridized carbons (Fsp3) is 0.529. The van der Waals surface area contributed by atoms with Gasteiger partial charge in [0.25, 0.3) is 0 Å². The SMILES string of the molecule is CCNC(=O)C(=O)NCC1OCCCN1S(=O)(=O)c1ccc(OC)c(OC)c1. The van der Waals surface area contributed by atoms with Crippen LogP contribution in [0.2, 0.25) is 0 Å². The van der Waals surface area contributed by atoms with Crippen molar-refractivity contribution in [1.82, 2.24) is 14.9 Å². The number of carbonyl (C=O) groups excluding carboxylic acids is 2. The maximum Gasteiger partial charge on any atom is 0.309 e. The van der Waals surface area contributed by atoms with Crippen LogP contribution in [0.5, 0.6) is 11.5 Å². The third-order valence-corrected chi connectivity index (χ3v) is 5.98. The zero-order chi connectivity index (χ0) is 20.7. The Morgan fingerprint density at radius 3 is 2.50 bits per heavy atom. The molecular formula is C17H25N3O7S. The van der Waals surface area contributed by atoms with Crippen LogP contribution in [0.15, 0.2) is 23.1 Å². The zero-order valence-electron chi connectivity index (χ0n) is 16.1. The molecule has 0 radical (unpaired) electrons. The molecule has 11 heteroatoms. The first kappa shape index (κ1) is 21.9. The van der Waals surface area contributed by atoms with Crippen molar-refractivity contribution in [2.45, 2.75) is 24.5 Å². The molecule has 0 spiro atoms. The largest absolute Gasteiger partial charge is 0.493 e. The molecule has 2 N–H and O–H groups in total. The van der Waals surface area contributed by atoms with Crippen molar-refractivity contribution in [3.63, 3.8) is 0 Å². The zero-order valence-corrected chi connectivity index (χ0v) is 16.9. The number of hydrogen-bond acceptors (Lipinski definition) is 7. The number of amides is 2. The Balaban J connectivity index is 2.20. The number of likely N-dealkylation sites (N-methyl/N-ethyl adjacent to an activating group) is 1. The molecule has 1 saturated heterocycles. The first-order valence-corrected chi connectivity index (χ1v) is 10.2. The van der Waals surface area contributed by atoms with E-state index in [2.05, 4.69) is 10.6 Å². The Bertz CT molecular complexity index is 813. The molecule has 1 atom stereocenters. The lowest BCUT2D eigenvalue weighted by atomic mass is 10.3. The van der Waals surface area contributed by atoms with Crippen LogP contribution in [-0.2, 0) is 24.3 Å². The quantitative estimate of drug-likeness (QED) is 0.586. The lowest BCUT2D eigenvalue weighted by Crippen LogP contribution is -2.53. The number of hydrogen-bond donors (Lipinski definition) is 2. The highest BCUT2D eigenvalue weighted by Crippen LogP contribution is 2.31. The number of carbonyl (C=O) groups is 2. The number of rotatable bonds is 7. The predicted octanol–water partition coefficient (Wildman–Crippen LogP) is -0.307. The van der Waals surface area contributed by atoms with Gasteiger partial charge in [-0.3, -0.25) is 9.59 Å². The second-order valence-electron chi connectivity index (χ2n) is 5.88. The molecule has 1 heterocycles. The number of benzene rings is 1. The smallest absolute Gasteiger partial charge is 0.309 e. The van der Waals surface area contributed by atoms with E-state index in [1.54, 1.807) is 6.92 Å². The molecule has 1 aliphatic rings. The van der Waals surface area contributed by atoms with Crippen molar-refractivity contribution in [2.75, 3.05) is 40.5 Å². The first-order chi connectivity index (χ1) is 13.3. The molecule has 1 aromatic rings. The number of ether oxygens (including phenoxy) is 3. The molecule has 0 aromatic heterocycles. The Morgan fingerprint density at radius 1 is 1.18 bits per heavy atom. The third-order valence-electron chi connectivity index (χ3n) is 4.10. The van der Waals surface area contributed by atoms with Gasteiger partial charge in [0.2, 0.25) is 10.0 Å². The van der Waals surface area contributed by atoms with E-state index in [9.17, 15) is 18.0 Å². The average Bonchev–Trinajstić information content (AvgIpc) is 2.71. The average molecular weight is 415 g/mol. The van der Waals surface area contributed by atoms with Gasteiger partial charge in [-0.15, -0.1) is 0 Å². The number of sulfonamides is 1. The van der Waals surface area contributed by atoms with E-state index in [1.165, 1.54) is 32.4 Å². The topological polar surface area (TPSA) is 123 Å². The van der Waals surface area contributed by atoms with Crippen molar-refractivity contribution in [2.24, 2.45) is 0 Å². The fourth-order valence-electron chi connectivity index (χ4n) is 2.72. The van der Waals surface area contributed by atoms with E-state index in [1.807, 2.05) is 0 Å². The Labute approximate surface area is 164 Å². The van der Waals surface area contributed by atoms with Gasteiger partial charge in [0.1, 0.15) is 6.23 Å². The van der Waals surface area contributed by atoms with Gasteiger partial charge in [-0.2, -0.15) is 4.31 Å². The molecule has 0 aliphatic carbocycles. The molecule has 2 rings (SSSR count). The summed E-state index contributed by atoms with van der Waals surface area (Å²) in [5, 5.41) is 4.78. The second kappa shape index (κ2) is 9.71. The summed E-state index contributed by atoms with van der Waals surface area (Å²) in [6, 6.07) is 4.28. The van der Waals surface area contributed by atoms with Gasteiger partial charge in [-0.05, 0) is 25.5 Å². The lowest BCUT2D eigenvalue weighted by molar-refractivity contribution is -0.140. The van der Waals surface area contributed by atoms with Crippen LogP contribution in [-0.4, -0.2) is 71.2 Å². The number of methoxy groups -OCH3 is 2. The van der Waals surface area contributed by atoms with Gasteiger partial charge in [0.15, 0.2) is 11.5 Å². The summed E-state index contributed by atoms with van der Waals surface area (Å²) >= 11 is 0. The summed E-state index contributed by atoms with van der Waals surface area (Å²) in [4.78, 5) is 23.3. The van der Waals surface area contributed by atoms with Crippen LogP contribution >= 0.6 is 0 Å². The van der Waals surface area contributed by atoms with E-state index >= 15 is 0 Å². The maximum absolute atomic E-state index is 13.1. The Morgan fingerprint density at radius 2 is 1.86 bits per heavy atom. The molecule has 1 fully saturated rings. The minimum atomic E-state index is -3.93. The van der Waals surface area contributed by atoms with Gasteiger partial charge in [-0.25, -0.2) is 8.42 Å². The van der Waals surface area contributed by atoms with E-state index in [4.69, 9.17) is 14.2 Å². The third kappa shape index (κ3) is 4.91. The number of nitrogens with one attached hydrogen (secondary N) is 2. The predicted molar refractivity (Wildman–Crippen MR) is 99.5 cm³/mol. The Hall–Kier alpha value is -2.37. The summed E-state index contributed by atoms with van der Waals surface area (Å²) in [5.74, 6) is -0.947. The standard InChI is InChI=1S/C17H25N3O7S/c1-4-18-16(21)17(22)19-11-15-20(8-5-9-27-15)28(23,24)12-6-7-13(25-2)14(10-12)26-3/h6-7,10,15H,4-5,8-9,11H2,1-3H3,(H,18,21)(H,19,22). The van der Waals surface area contributed by atoms with Crippen molar-refractivity contribution in [3.05, 3.63) is 18.2 Å². The van der Waals surface area contributed by atoms with Gasteiger partial charge >= 0.3 is 11.8 Å². The molecule has 1 unspecified atom stereocenters. The minimum Gasteiger partial charge on any atom is -0.493 e. The van der Waals surface area contributed by atoms with Crippen LogP contribution in [0.1, 0.15) is 13.3 Å². The summed E-state index contributed by atoms with van der Waals surface area (Å²) < 4.78 is 43.2. The minimum absolute atomic E-state index is 0.00991. The van der Waals surface area contributed by atoms with E-state index in [0.717, 1.165) is 4.31 Å². The van der Waals surface area contributed by atoms with Gasteiger partial charge in [0.05, 0.1) is 32.3 Å². The van der Waals surface area contributed by atoms with E-state index in [0.29, 0.717) is 25.3 Å². The van der Waals surface area contributed by atoms with Crippen LogP contribution < -0.4 is 20.1 Å². The maximum atomic E-state index is 13.1. The van der Waals surface area contributed by atoms with Crippen LogP contribution in [0.3, 0.4) is 0 Å². The van der Waals surface area contributed by atoms with E-state index < -0.39 is 28.1 Å². The highest BCUT2D eigenvalue weighted by atomic mass is 32.2. The molecule has 10 nitrogen and oxygen atoms in total. The fourth-order valence-corrected chi connectivity index (χ4v) is 4.30. The van der Waals surface area contributed by atoms with Crippen LogP contribution in [0.4, 0.5) is 0 Å². The van der Waals surface area contributed by atoms with Crippen molar-refractivity contribution in [3.8, 4) is 11.5 Å². The Kier molecular flexibility index (Phi) is 7.61. The summed E-state index contributed by atoms with van der Waals surface area (Å²) in [6.45, 7) is 2.42. The molecular weight excluding hydrogens is 390 g/mol. The molecule has 0 bridgehead atoms. The molecule has 0 saturated carbocycles. The molecule has 1 aliphatic heterocycles. The second-order valence-corrected chi connectivity index (χ2v) is 7.77. The summed E-state index contributed by atoms with van der Waals surface area (Å²) in [5.41, 5.74) is 0. The highest BCUT2D eigenvalue weighted by Gasteiger charge is 2.35. The number of nitrogens with zero attached hydrogens (tertiary/aromatic N) is 1. The highest BCUT2D eigenvalue weighted by molar-refractivity contribution is 7.89. The summed E-state index contributed by atoms with van der Waals surface area (Å²) in [6.07, 6.45) is -0.418. The first-order valence-electron chi connectivity index (χ1n) is 8.76. The summed E-state index contributed by atoms with van der Waals surface area (Å²) in [7, 11) is -1.06. The van der Waals surface area contributed by atoms with Crippen molar-refractivity contribution in [1.29, 1.82) is 0 Å². The van der Waals surface area contributed by atoms with Crippen molar-refractivity contribution >= 4 is 21.8 Å². The molecule has 28 heavy (non-hydrogen) atoms. The van der Waals surface area contributed by atoms with E-state index in [-0.39, 0.29) is 23.7 Å². The normalized spacial score (nSPS) is 17.6. The molecule has 1 aromatic carbocycles.